The summed E-state index contributed by atoms with van der Waals surface area (Å²) in [7, 11) is 0. The van der Waals surface area contributed by atoms with Crippen molar-refractivity contribution in [2.75, 3.05) is 13.1 Å². The molecule has 1 fully saturated rings. The number of ketones is 1. The second kappa shape index (κ2) is 6.31. The first-order chi connectivity index (χ1) is 8.31. The van der Waals surface area contributed by atoms with Crippen LogP contribution in [-0.4, -0.2) is 29.8 Å². The predicted molar refractivity (Wildman–Crippen MR) is 72.8 cm³/mol. The molecule has 0 spiro atoms. The molecular weight excluding hydrogens is 230 g/mol. The molecule has 1 aromatic rings. The molecule has 0 radical (unpaired) electrons. The summed E-state index contributed by atoms with van der Waals surface area (Å²) in [4.78, 5) is 15.4. The second-order valence-electron chi connectivity index (χ2n) is 4.78. The number of carbonyl (C=O) groups is 1. The Morgan fingerprint density at radius 2 is 2.35 bits per heavy atom. The largest absolute Gasteiger partial charge is 0.293 e. The van der Waals surface area contributed by atoms with Gasteiger partial charge in [0.2, 0.25) is 0 Å². The Labute approximate surface area is 108 Å². The molecule has 94 valence electrons. The van der Waals surface area contributed by atoms with Crippen LogP contribution in [0.15, 0.2) is 17.5 Å². The number of carbonyl (C=O) groups excluding carboxylic acids is 1. The molecule has 1 aliphatic heterocycles. The van der Waals surface area contributed by atoms with Gasteiger partial charge < -0.3 is 0 Å². The summed E-state index contributed by atoms with van der Waals surface area (Å²) in [6, 6.07) is 4.50. The molecule has 0 saturated carbocycles. The Morgan fingerprint density at radius 1 is 1.47 bits per heavy atom. The fraction of sp³-hybridized carbons (Fsp3) is 0.643. The molecule has 2 heterocycles. The van der Waals surface area contributed by atoms with Crippen LogP contribution in [0.3, 0.4) is 0 Å². The van der Waals surface area contributed by atoms with Gasteiger partial charge in [-0.25, -0.2) is 0 Å². The maximum absolute atomic E-state index is 12.1. The summed E-state index contributed by atoms with van der Waals surface area (Å²) in [5, 5.41) is 1.98. The molecule has 2 nitrogen and oxygen atoms in total. The number of Topliss-reactive ketones (excluding diaryl/α,β-unsaturated/α-hetero) is 1. The zero-order valence-electron chi connectivity index (χ0n) is 10.5. The van der Waals surface area contributed by atoms with E-state index < -0.39 is 0 Å². The van der Waals surface area contributed by atoms with Crippen LogP contribution in [0.1, 0.15) is 48.7 Å². The molecule has 1 unspecified atom stereocenters. The summed E-state index contributed by atoms with van der Waals surface area (Å²) in [6.07, 6.45) is 6.31. The van der Waals surface area contributed by atoms with Crippen molar-refractivity contribution in [1.29, 1.82) is 0 Å². The average molecular weight is 251 g/mol. The van der Waals surface area contributed by atoms with Crippen LogP contribution < -0.4 is 0 Å². The summed E-state index contributed by atoms with van der Waals surface area (Å²) < 4.78 is 0. The average Bonchev–Trinajstić information content (AvgIpc) is 2.78. The molecule has 17 heavy (non-hydrogen) atoms. The highest BCUT2D eigenvalue weighted by Gasteiger charge is 2.22. The van der Waals surface area contributed by atoms with Gasteiger partial charge in [-0.2, -0.15) is 0 Å². The molecule has 3 heteroatoms. The Kier molecular flexibility index (Phi) is 4.75. The topological polar surface area (TPSA) is 20.3 Å². The normalized spacial score (nSPS) is 22.3. The molecular formula is C14H21NOS. The van der Waals surface area contributed by atoms with Crippen LogP contribution in [-0.2, 0) is 0 Å². The first-order valence-electron chi connectivity index (χ1n) is 6.62. The highest BCUT2D eigenvalue weighted by atomic mass is 32.1. The van der Waals surface area contributed by atoms with Gasteiger partial charge in [0.1, 0.15) is 0 Å². The van der Waals surface area contributed by atoms with Crippen molar-refractivity contribution in [2.45, 2.75) is 45.1 Å². The van der Waals surface area contributed by atoms with E-state index in [1.165, 1.54) is 25.7 Å². The Bertz CT molecular complexity index is 347. The van der Waals surface area contributed by atoms with Crippen LogP contribution in [0.2, 0.25) is 0 Å². The van der Waals surface area contributed by atoms with E-state index in [9.17, 15) is 4.79 Å². The lowest BCUT2D eigenvalue weighted by Crippen LogP contribution is -2.38. The van der Waals surface area contributed by atoms with E-state index >= 15 is 0 Å². The van der Waals surface area contributed by atoms with Crippen molar-refractivity contribution in [2.24, 2.45) is 0 Å². The fourth-order valence-corrected chi connectivity index (χ4v) is 3.26. The predicted octanol–water partition coefficient (Wildman–Crippen LogP) is 3.59. The Morgan fingerprint density at radius 3 is 3.06 bits per heavy atom. The van der Waals surface area contributed by atoms with Gasteiger partial charge in [0.15, 0.2) is 5.78 Å². The zero-order valence-corrected chi connectivity index (χ0v) is 11.3. The second-order valence-corrected chi connectivity index (χ2v) is 5.73. The van der Waals surface area contributed by atoms with E-state index in [0.29, 0.717) is 18.4 Å². The molecule has 2 rings (SSSR count). The molecule has 1 atom stereocenters. The Hall–Kier alpha value is -0.670. The van der Waals surface area contributed by atoms with Crippen molar-refractivity contribution >= 4 is 17.1 Å². The molecule has 0 aromatic carbocycles. The number of thiophene rings is 1. The number of likely N-dealkylation sites (tertiary alicyclic amines) is 1. The van der Waals surface area contributed by atoms with Crippen molar-refractivity contribution < 1.29 is 4.79 Å². The minimum Gasteiger partial charge on any atom is -0.293 e. The molecule has 0 amide bonds. The third-order valence-corrected chi connectivity index (χ3v) is 4.52. The fourth-order valence-electron chi connectivity index (χ4n) is 2.61. The highest BCUT2D eigenvalue weighted by molar-refractivity contribution is 7.12. The van der Waals surface area contributed by atoms with Crippen molar-refractivity contribution in [1.82, 2.24) is 4.90 Å². The third-order valence-electron chi connectivity index (χ3n) is 3.61. The molecule has 0 N–H and O–H groups in total. The minimum absolute atomic E-state index is 0.292. The quantitative estimate of drug-likeness (QED) is 0.762. The van der Waals surface area contributed by atoms with E-state index in [-0.39, 0.29) is 0 Å². The van der Waals surface area contributed by atoms with Gasteiger partial charge in [-0.15, -0.1) is 11.3 Å². The van der Waals surface area contributed by atoms with Crippen LogP contribution in [0.25, 0.3) is 0 Å². The molecule has 1 saturated heterocycles. The summed E-state index contributed by atoms with van der Waals surface area (Å²) in [5.74, 6) is 0.292. The third kappa shape index (κ3) is 3.39. The number of rotatable bonds is 4. The monoisotopic (exact) mass is 251 g/mol. The standard InChI is InChI=1S/C14H21NOS/c1-2-12-7-4-3-5-9-15(12)11-13(16)14-8-6-10-17-14/h6,8,10,12H,2-5,7,9,11H2,1H3. The smallest absolute Gasteiger partial charge is 0.186 e. The van der Waals surface area contributed by atoms with E-state index in [1.807, 2.05) is 17.5 Å². The first-order valence-corrected chi connectivity index (χ1v) is 7.50. The molecule has 0 aliphatic carbocycles. The Balaban J connectivity index is 1.97. The van der Waals surface area contributed by atoms with Crippen LogP contribution in [0.5, 0.6) is 0 Å². The lowest BCUT2D eigenvalue weighted by molar-refractivity contribution is 0.0894. The lowest BCUT2D eigenvalue weighted by Gasteiger charge is -2.28. The van der Waals surface area contributed by atoms with Gasteiger partial charge >= 0.3 is 0 Å². The van der Waals surface area contributed by atoms with Crippen molar-refractivity contribution in [3.63, 3.8) is 0 Å². The van der Waals surface area contributed by atoms with Crippen LogP contribution >= 0.6 is 11.3 Å². The maximum Gasteiger partial charge on any atom is 0.186 e. The molecule has 1 aliphatic rings. The van der Waals surface area contributed by atoms with Crippen molar-refractivity contribution in [3.05, 3.63) is 22.4 Å². The lowest BCUT2D eigenvalue weighted by atomic mass is 10.1. The van der Waals surface area contributed by atoms with Crippen molar-refractivity contribution in [3.8, 4) is 0 Å². The van der Waals surface area contributed by atoms with Crippen LogP contribution in [0.4, 0.5) is 0 Å². The zero-order chi connectivity index (χ0) is 12.1. The maximum atomic E-state index is 12.1. The minimum atomic E-state index is 0.292. The summed E-state index contributed by atoms with van der Waals surface area (Å²) >= 11 is 1.56. The van der Waals surface area contributed by atoms with E-state index in [0.717, 1.165) is 17.8 Å². The van der Waals surface area contributed by atoms with Gasteiger partial charge in [0.05, 0.1) is 11.4 Å². The summed E-state index contributed by atoms with van der Waals surface area (Å²) in [5.41, 5.74) is 0. The summed E-state index contributed by atoms with van der Waals surface area (Å²) in [6.45, 7) is 3.94. The number of hydrogen-bond acceptors (Lipinski definition) is 3. The SMILES string of the molecule is CCC1CCCCCN1CC(=O)c1cccs1. The van der Waals surface area contributed by atoms with E-state index in [1.54, 1.807) is 11.3 Å². The van der Waals surface area contributed by atoms with Gasteiger partial charge in [0.25, 0.3) is 0 Å². The number of hydrogen-bond donors (Lipinski definition) is 0. The van der Waals surface area contributed by atoms with Gasteiger partial charge in [-0.3, -0.25) is 9.69 Å². The molecule has 0 bridgehead atoms. The van der Waals surface area contributed by atoms with Gasteiger partial charge in [0, 0.05) is 6.04 Å². The highest BCUT2D eigenvalue weighted by Crippen LogP contribution is 2.20. The molecule has 1 aromatic heterocycles. The van der Waals surface area contributed by atoms with E-state index in [4.69, 9.17) is 0 Å². The van der Waals surface area contributed by atoms with E-state index in [2.05, 4.69) is 11.8 Å². The number of nitrogens with zero attached hydrogens (tertiary/aromatic N) is 1. The van der Waals surface area contributed by atoms with Gasteiger partial charge in [-0.05, 0) is 37.3 Å². The first kappa shape index (κ1) is 12.8. The van der Waals surface area contributed by atoms with Gasteiger partial charge in [-0.1, -0.05) is 25.8 Å². The van der Waals surface area contributed by atoms with Crippen LogP contribution in [0, 0.1) is 0 Å².